The summed E-state index contributed by atoms with van der Waals surface area (Å²) in [6.07, 6.45) is 40.4. The Morgan fingerprint density at radius 3 is 0.791 bits per heavy atom. The predicted molar refractivity (Wildman–Crippen MR) is 344 cm³/mol. The fraction of sp³-hybridized carbons (Fsp3) is 0.940. The van der Waals surface area contributed by atoms with Crippen LogP contribution in [0, 0.1) is 17.8 Å². The lowest BCUT2D eigenvalue weighted by Gasteiger charge is -2.21. The second-order valence-electron chi connectivity index (χ2n) is 25.6. The smallest absolute Gasteiger partial charge is 0.462 e. The molecule has 5 atom stereocenters. The van der Waals surface area contributed by atoms with Crippen molar-refractivity contribution in [1.29, 1.82) is 0 Å². The van der Waals surface area contributed by atoms with E-state index in [9.17, 15) is 43.2 Å². The van der Waals surface area contributed by atoms with E-state index >= 15 is 0 Å². The van der Waals surface area contributed by atoms with E-state index in [2.05, 4.69) is 48.5 Å². The van der Waals surface area contributed by atoms with Gasteiger partial charge in [-0.25, -0.2) is 9.13 Å². The van der Waals surface area contributed by atoms with E-state index in [-0.39, 0.29) is 25.7 Å². The van der Waals surface area contributed by atoms with Gasteiger partial charge in [0.15, 0.2) is 12.2 Å². The second kappa shape index (κ2) is 58.2. The topological polar surface area (TPSA) is 237 Å². The first kappa shape index (κ1) is 84.1. The van der Waals surface area contributed by atoms with E-state index in [1.807, 2.05) is 0 Å². The zero-order valence-electron chi connectivity index (χ0n) is 55.8. The van der Waals surface area contributed by atoms with Crippen LogP contribution in [0.5, 0.6) is 0 Å². The zero-order valence-corrected chi connectivity index (χ0v) is 57.6. The lowest BCUT2D eigenvalue weighted by molar-refractivity contribution is -0.161. The summed E-state index contributed by atoms with van der Waals surface area (Å²) in [4.78, 5) is 72.3. The predicted octanol–water partition coefficient (Wildman–Crippen LogP) is 18.7. The molecule has 0 fully saturated rings. The number of phosphoric ester groups is 2. The molecule has 0 radical (unpaired) electrons. The van der Waals surface area contributed by atoms with Gasteiger partial charge in [-0.15, -0.1) is 0 Å². The molecule has 0 aliphatic rings. The Kier molecular flexibility index (Phi) is 56.9. The van der Waals surface area contributed by atoms with Crippen molar-refractivity contribution in [3.63, 3.8) is 0 Å². The molecule has 0 saturated heterocycles. The number of ether oxygens (including phenoxy) is 4. The summed E-state index contributed by atoms with van der Waals surface area (Å²) in [6, 6.07) is 0. The third-order valence-corrected chi connectivity index (χ3v) is 17.3. The highest BCUT2D eigenvalue weighted by Crippen LogP contribution is 2.45. The second-order valence-corrected chi connectivity index (χ2v) is 28.5. The maximum Gasteiger partial charge on any atom is 0.472 e. The summed E-state index contributed by atoms with van der Waals surface area (Å²) in [5.41, 5.74) is 0. The SMILES string of the molecule is CCCCCCCCCCC(=O)OC[C@H](COP(=O)(O)OC[C@H](O)COP(=O)(O)OC[C@@H](COC(=O)CCCCCCCCCCCC(C)C)OC(=O)CCCCCCCCCCCCCCCC(C)C)OC(=O)CCCCCCCCCC(C)C. The van der Waals surface area contributed by atoms with Gasteiger partial charge in [-0.1, -0.05) is 280 Å². The van der Waals surface area contributed by atoms with E-state index < -0.39 is 97.5 Å². The average molecular weight is 1270 g/mol. The number of carbonyl (C=O) groups is 4. The largest absolute Gasteiger partial charge is 0.472 e. The van der Waals surface area contributed by atoms with Crippen LogP contribution in [0.2, 0.25) is 0 Å². The van der Waals surface area contributed by atoms with E-state index in [4.69, 9.17) is 37.0 Å². The Labute approximate surface area is 524 Å². The van der Waals surface area contributed by atoms with Gasteiger partial charge in [-0.2, -0.15) is 0 Å². The molecule has 0 aromatic heterocycles. The monoisotopic (exact) mass is 1270 g/mol. The minimum atomic E-state index is -4.95. The normalized spacial score (nSPS) is 14.3. The number of hydrogen-bond donors (Lipinski definition) is 3. The third kappa shape index (κ3) is 60.9. The van der Waals surface area contributed by atoms with Crippen LogP contribution in [0.3, 0.4) is 0 Å². The molecule has 0 bridgehead atoms. The van der Waals surface area contributed by atoms with Crippen LogP contribution in [-0.4, -0.2) is 96.7 Å². The van der Waals surface area contributed by atoms with Crippen LogP contribution in [0.15, 0.2) is 0 Å². The number of aliphatic hydroxyl groups is 1. The van der Waals surface area contributed by atoms with Crippen LogP contribution >= 0.6 is 15.6 Å². The van der Waals surface area contributed by atoms with Gasteiger partial charge >= 0.3 is 39.5 Å². The van der Waals surface area contributed by atoms with Crippen LogP contribution in [0.4, 0.5) is 0 Å². The van der Waals surface area contributed by atoms with Crippen molar-refractivity contribution >= 4 is 39.5 Å². The molecular formula is C67H130O17P2. The summed E-state index contributed by atoms with van der Waals surface area (Å²) in [6.45, 7) is 11.7. The molecule has 0 heterocycles. The van der Waals surface area contributed by atoms with Gasteiger partial charge in [0.25, 0.3) is 0 Å². The highest BCUT2D eigenvalue weighted by molar-refractivity contribution is 7.47. The number of esters is 4. The quantitative estimate of drug-likeness (QED) is 0.0222. The molecule has 3 N–H and O–H groups in total. The Bertz CT molecular complexity index is 1700. The molecule has 0 rings (SSSR count). The van der Waals surface area contributed by atoms with Gasteiger partial charge < -0.3 is 33.8 Å². The molecule has 86 heavy (non-hydrogen) atoms. The molecule has 0 aromatic carbocycles. The molecule has 0 aliphatic heterocycles. The van der Waals surface area contributed by atoms with Crippen molar-refractivity contribution in [2.45, 2.75) is 349 Å². The van der Waals surface area contributed by atoms with Gasteiger partial charge in [0, 0.05) is 25.7 Å². The van der Waals surface area contributed by atoms with E-state index in [1.54, 1.807) is 0 Å². The highest BCUT2D eigenvalue weighted by Gasteiger charge is 2.30. The molecular weight excluding hydrogens is 1140 g/mol. The summed E-state index contributed by atoms with van der Waals surface area (Å²) in [5, 5.41) is 10.5. The Balaban J connectivity index is 5.22. The Morgan fingerprint density at radius 2 is 0.535 bits per heavy atom. The molecule has 0 aromatic rings. The standard InChI is InChI=1S/C67H130O17P2/c1-8-9-10-11-12-27-34-41-48-64(69)77-54-63(84-67(72)51-44-37-30-23-26-33-40-47-60(6)7)57-82-86(75,76)80-53-61(68)52-79-85(73,74)81-56-62(55-78-65(70)49-42-35-28-22-18-20-25-32-39-46-59(4)5)83-66(71)50-43-36-29-21-17-15-13-14-16-19-24-31-38-45-58(2)3/h58-63,68H,8-57H2,1-7H3,(H,73,74)(H,75,76)/t61-,62-,63-/m1/s1. The average Bonchev–Trinajstić information content (AvgIpc) is 3.59. The number of rotatable bonds is 65. The summed E-state index contributed by atoms with van der Waals surface area (Å²) in [7, 11) is -9.89. The summed E-state index contributed by atoms with van der Waals surface area (Å²) >= 11 is 0. The minimum absolute atomic E-state index is 0.103. The first-order valence-corrected chi connectivity index (χ1v) is 37.8. The van der Waals surface area contributed by atoms with Crippen molar-refractivity contribution < 1.29 is 80.2 Å². The van der Waals surface area contributed by atoms with Crippen molar-refractivity contribution in [2.24, 2.45) is 17.8 Å². The van der Waals surface area contributed by atoms with E-state index in [0.29, 0.717) is 31.6 Å². The Morgan fingerprint density at radius 1 is 0.314 bits per heavy atom. The Hall–Kier alpha value is -1.94. The molecule has 0 amide bonds. The van der Waals surface area contributed by atoms with Gasteiger partial charge in [0.1, 0.15) is 19.3 Å². The number of hydrogen-bond acceptors (Lipinski definition) is 15. The molecule has 2 unspecified atom stereocenters. The van der Waals surface area contributed by atoms with Gasteiger partial charge in [0.05, 0.1) is 26.4 Å². The number of aliphatic hydroxyl groups excluding tert-OH is 1. The molecule has 0 saturated carbocycles. The van der Waals surface area contributed by atoms with Gasteiger partial charge in [-0.3, -0.25) is 37.3 Å². The minimum Gasteiger partial charge on any atom is -0.462 e. The lowest BCUT2D eigenvalue weighted by Crippen LogP contribution is -2.30. The third-order valence-electron chi connectivity index (χ3n) is 15.4. The first-order valence-electron chi connectivity index (χ1n) is 34.8. The van der Waals surface area contributed by atoms with Gasteiger partial charge in [-0.05, 0) is 43.4 Å². The maximum absolute atomic E-state index is 13.0. The zero-order chi connectivity index (χ0) is 63.8. The molecule has 0 spiro atoms. The summed E-state index contributed by atoms with van der Waals surface area (Å²) < 4.78 is 68.1. The van der Waals surface area contributed by atoms with Crippen LogP contribution in [0.1, 0.15) is 331 Å². The van der Waals surface area contributed by atoms with Crippen molar-refractivity contribution in [1.82, 2.24) is 0 Å². The number of unbranched alkanes of at least 4 members (excludes halogenated alkanes) is 33. The van der Waals surface area contributed by atoms with Crippen LogP contribution in [-0.2, 0) is 65.4 Å². The maximum atomic E-state index is 13.0. The van der Waals surface area contributed by atoms with Crippen LogP contribution in [0.25, 0.3) is 0 Å². The molecule has 19 heteroatoms. The van der Waals surface area contributed by atoms with Crippen molar-refractivity contribution in [3.8, 4) is 0 Å². The molecule has 17 nitrogen and oxygen atoms in total. The number of carbonyl (C=O) groups excluding carboxylic acids is 4. The van der Waals surface area contributed by atoms with Gasteiger partial charge in [0.2, 0.25) is 0 Å². The highest BCUT2D eigenvalue weighted by atomic mass is 31.2. The van der Waals surface area contributed by atoms with Crippen LogP contribution < -0.4 is 0 Å². The van der Waals surface area contributed by atoms with Crippen molar-refractivity contribution in [3.05, 3.63) is 0 Å². The fourth-order valence-corrected chi connectivity index (χ4v) is 11.6. The fourth-order valence-electron chi connectivity index (χ4n) is 10.0. The summed E-state index contributed by atoms with van der Waals surface area (Å²) in [5.74, 6) is 0.0913. The molecule has 510 valence electrons. The first-order chi connectivity index (χ1) is 41.2. The van der Waals surface area contributed by atoms with E-state index in [1.165, 1.54) is 135 Å². The lowest BCUT2D eigenvalue weighted by atomic mass is 10.0. The number of phosphoric acid groups is 2. The van der Waals surface area contributed by atoms with Crippen molar-refractivity contribution in [2.75, 3.05) is 39.6 Å². The molecule has 0 aliphatic carbocycles. The van der Waals surface area contributed by atoms with E-state index in [0.717, 1.165) is 108 Å².